The molecule has 15 heavy (non-hydrogen) atoms. The smallest absolute Gasteiger partial charge is 0.330 e. The zero-order chi connectivity index (χ0) is 11.3. The van der Waals surface area contributed by atoms with E-state index in [2.05, 4.69) is 0 Å². The van der Waals surface area contributed by atoms with Crippen LogP contribution in [0.2, 0.25) is 0 Å². The van der Waals surface area contributed by atoms with Crippen molar-refractivity contribution in [1.29, 1.82) is 0 Å². The summed E-state index contributed by atoms with van der Waals surface area (Å²) >= 11 is 0. The number of aryl methyl sites for hydroxylation is 1. The van der Waals surface area contributed by atoms with Crippen LogP contribution in [0, 0.1) is 0 Å². The normalized spacial score (nSPS) is 13.8. The van der Waals surface area contributed by atoms with Crippen molar-refractivity contribution < 1.29 is 19.5 Å². The third kappa shape index (κ3) is 4.14. The minimum atomic E-state index is -4.16. The number of benzene rings is 1. The van der Waals surface area contributed by atoms with Crippen LogP contribution in [0.4, 0.5) is 0 Å². The number of aliphatic hydroxyl groups excluding tert-OH is 1. The first kappa shape index (κ1) is 12.4. The molecule has 1 unspecified atom stereocenters. The Labute approximate surface area is 88.7 Å². The number of rotatable bonds is 5. The van der Waals surface area contributed by atoms with Crippen molar-refractivity contribution >= 4 is 7.60 Å². The zero-order valence-electron chi connectivity index (χ0n) is 8.28. The summed E-state index contributed by atoms with van der Waals surface area (Å²) < 4.78 is 10.9. The Morgan fingerprint density at radius 2 is 1.80 bits per heavy atom. The molecular weight excluding hydrogens is 215 g/mol. The summed E-state index contributed by atoms with van der Waals surface area (Å²) in [5, 5.41) is 8.85. The molecule has 1 atom stereocenters. The largest absolute Gasteiger partial charge is 0.395 e. The second-order valence-corrected chi connectivity index (χ2v) is 5.36. The maximum Gasteiger partial charge on any atom is 0.330 e. The molecule has 0 heterocycles. The van der Waals surface area contributed by atoms with Crippen LogP contribution in [0.1, 0.15) is 12.0 Å². The lowest BCUT2D eigenvalue weighted by atomic mass is 10.1. The molecule has 0 amide bonds. The van der Waals surface area contributed by atoms with E-state index in [1.165, 1.54) is 0 Å². The van der Waals surface area contributed by atoms with Crippen molar-refractivity contribution in [2.45, 2.75) is 18.5 Å². The van der Waals surface area contributed by atoms with Crippen molar-refractivity contribution in [3.63, 3.8) is 0 Å². The summed E-state index contributed by atoms with van der Waals surface area (Å²) in [4.78, 5) is 17.8. The summed E-state index contributed by atoms with van der Waals surface area (Å²) in [5.74, 6) is 0. The Morgan fingerprint density at radius 3 is 2.27 bits per heavy atom. The molecule has 0 aliphatic carbocycles. The molecule has 0 aliphatic heterocycles. The molecule has 0 spiro atoms. The summed E-state index contributed by atoms with van der Waals surface area (Å²) in [7, 11) is -4.16. The van der Waals surface area contributed by atoms with Crippen LogP contribution in [0.5, 0.6) is 0 Å². The lowest BCUT2D eigenvalue weighted by Crippen LogP contribution is -2.14. The predicted octanol–water partition coefficient (Wildman–Crippen LogP) is 1.16. The highest BCUT2D eigenvalue weighted by Gasteiger charge is 2.27. The number of hydrogen-bond donors (Lipinski definition) is 3. The Kier molecular flexibility index (Phi) is 4.48. The minimum absolute atomic E-state index is 0.296. The molecule has 1 aromatic rings. The monoisotopic (exact) mass is 230 g/mol. The zero-order valence-corrected chi connectivity index (χ0v) is 9.18. The van der Waals surface area contributed by atoms with Crippen molar-refractivity contribution in [3.8, 4) is 0 Å². The van der Waals surface area contributed by atoms with Gasteiger partial charge in [-0.1, -0.05) is 30.3 Å². The SMILES string of the molecule is O=P(O)(O)C(CO)CCc1ccccc1. The van der Waals surface area contributed by atoms with Gasteiger partial charge in [0, 0.05) is 0 Å². The van der Waals surface area contributed by atoms with Crippen LogP contribution in [-0.2, 0) is 11.0 Å². The van der Waals surface area contributed by atoms with E-state index in [1.54, 1.807) is 0 Å². The topological polar surface area (TPSA) is 77.8 Å². The summed E-state index contributed by atoms with van der Waals surface area (Å²) in [6.45, 7) is -0.475. The van der Waals surface area contributed by atoms with Gasteiger partial charge in [-0.2, -0.15) is 0 Å². The van der Waals surface area contributed by atoms with Crippen LogP contribution in [-0.4, -0.2) is 27.2 Å². The average Bonchev–Trinajstić information content (AvgIpc) is 2.18. The summed E-state index contributed by atoms with van der Waals surface area (Å²) in [5.41, 5.74) is 0.0714. The van der Waals surface area contributed by atoms with Crippen molar-refractivity contribution in [1.82, 2.24) is 0 Å². The fourth-order valence-electron chi connectivity index (χ4n) is 1.34. The molecule has 0 saturated carbocycles. The molecule has 0 radical (unpaired) electrons. The van der Waals surface area contributed by atoms with Gasteiger partial charge in [-0.15, -0.1) is 0 Å². The maximum absolute atomic E-state index is 10.9. The second kappa shape index (κ2) is 5.42. The molecular formula is C10H15O4P. The van der Waals surface area contributed by atoms with E-state index in [1.807, 2.05) is 30.3 Å². The van der Waals surface area contributed by atoms with Gasteiger partial charge in [-0.3, -0.25) is 4.57 Å². The van der Waals surface area contributed by atoms with Gasteiger partial charge in [-0.25, -0.2) is 0 Å². The first-order chi connectivity index (χ1) is 7.04. The highest BCUT2D eigenvalue weighted by Crippen LogP contribution is 2.42. The number of hydrogen-bond acceptors (Lipinski definition) is 2. The second-order valence-electron chi connectivity index (χ2n) is 3.45. The summed E-state index contributed by atoms with van der Waals surface area (Å²) in [6.07, 6.45) is 0.863. The Balaban J connectivity index is 2.53. The van der Waals surface area contributed by atoms with Gasteiger partial charge in [0.05, 0.1) is 12.3 Å². The molecule has 0 fully saturated rings. The molecule has 0 bridgehead atoms. The lowest BCUT2D eigenvalue weighted by Gasteiger charge is -2.15. The van der Waals surface area contributed by atoms with E-state index in [4.69, 9.17) is 14.9 Å². The molecule has 0 saturated heterocycles. The molecule has 1 rings (SSSR count). The Morgan fingerprint density at radius 1 is 1.20 bits per heavy atom. The van der Waals surface area contributed by atoms with E-state index in [0.717, 1.165) is 5.56 Å². The van der Waals surface area contributed by atoms with Crippen molar-refractivity contribution in [3.05, 3.63) is 35.9 Å². The maximum atomic E-state index is 10.9. The van der Waals surface area contributed by atoms with Gasteiger partial charge in [0.25, 0.3) is 0 Å². The molecule has 0 aliphatic rings. The highest BCUT2D eigenvalue weighted by molar-refractivity contribution is 7.52. The molecule has 1 aromatic carbocycles. The van der Waals surface area contributed by atoms with Crippen LogP contribution in [0.3, 0.4) is 0 Å². The Hall–Kier alpha value is -0.670. The molecule has 0 aromatic heterocycles. The molecule has 4 nitrogen and oxygen atoms in total. The molecule has 84 valence electrons. The highest BCUT2D eigenvalue weighted by atomic mass is 31.2. The number of aliphatic hydroxyl groups is 1. The first-order valence-electron chi connectivity index (χ1n) is 4.74. The van der Waals surface area contributed by atoms with Gasteiger partial charge < -0.3 is 14.9 Å². The Bertz CT molecular complexity index is 333. The van der Waals surface area contributed by atoms with Gasteiger partial charge in [0.2, 0.25) is 0 Å². The van der Waals surface area contributed by atoms with Gasteiger partial charge in [0.1, 0.15) is 0 Å². The standard InChI is InChI=1S/C10H15O4P/c11-8-10(15(12,13)14)7-6-9-4-2-1-3-5-9/h1-5,10-11H,6-8H2,(H2,12,13,14). The van der Waals surface area contributed by atoms with Crippen molar-refractivity contribution in [2.24, 2.45) is 0 Å². The molecule has 3 N–H and O–H groups in total. The van der Waals surface area contributed by atoms with E-state index < -0.39 is 19.9 Å². The fourth-order valence-corrected chi connectivity index (χ4v) is 2.02. The van der Waals surface area contributed by atoms with Crippen LogP contribution in [0.25, 0.3) is 0 Å². The third-order valence-corrected chi connectivity index (χ3v) is 3.67. The van der Waals surface area contributed by atoms with E-state index in [-0.39, 0.29) is 0 Å². The van der Waals surface area contributed by atoms with Gasteiger partial charge >= 0.3 is 7.60 Å². The van der Waals surface area contributed by atoms with E-state index in [0.29, 0.717) is 12.8 Å². The van der Waals surface area contributed by atoms with E-state index in [9.17, 15) is 4.57 Å². The lowest BCUT2D eigenvalue weighted by molar-refractivity contribution is 0.260. The van der Waals surface area contributed by atoms with Crippen LogP contribution in [0.15, 0.2) is 30.3 Å². The van der Waals surface area contributed by atoms with Crippen LogP contribution < -0.4 is 0 Å². The minimum Gasteiger partial charge on any atom is -0.395 e. The first-order valence-corrected chi connectivity index (χ1v) is 6.42. The molecule has 5 heteroatoms. The average molecular weight is 230 g/mol. The van der Waals surface area contributed by atoms with E-state index >= 15 is 0 Å². The third-order valence-electron chi connectivity index (χ3n) is 2.30. The quantitative estimate of drug-likeness (QED) is 0.663. The van der Waals surface area contributed by atoms with Crippen LogP contribution >= 0.6 is 7.60 Å². The summed E-state index contributed by atoms with van der Waals surface area (Å²) in [6, 6.07) is 9.43. The predicted molar refractivity (Wildman–Crippen MR) is 57.7 cm³/mol. The van der Waals surface area contributed by atoms with Gasteiger partial charge in [-0.05, 0) is 18.4 Å². The van der Waals surface area contributed by atoms with Gasteiger partial charge in [0.15, 0.2) is 0 Å². The fraction of sp³-hybridized carbons (Fsp3) is 0.400. The van der Waals surface area contributed by atoms with Crippen molar-refractivity contribution in [2.75, 3.05) is 6.61 Å².